The van der Waals surface area contributed by atoms with Gasteiger partial charge in [0.1, 0.15) is 5.82 Å². The quantitative estimate of drug-likeness (QED) is 0.242. The Hall–Kier alpha value is -2.96. The Morgan fingerprint density at radius 3 is 2.49 bits per heavy atom. The van der Waals surface area contributed by atoms with Crippen LogP contribution in [-0.4, -0.2) is 45.2 Å². The van der Waals surface area contributed by atoms with Crippen LogP contribution in [-0.2, 0) is 0 Å². The van der Waals surface area contributed by atoms with Gasteiger partial charge in [0.25, 0.3) is 0 Å². The molecule has 0 bridgehead atoms. The van der Waals surface area contributed by atoms with Crippen LogP contribution >= 0.6 is 15.9 Å². The van der Waals surface area contributed by atoms with Crippen LogP contribution in [0.15, 0.2) is 77.4 Å². The van der Waals surface area contributed by atoms with Crippen LogP contribution in [0, 0.1) is 5.92 Å². The van der Waals surface area contributed by atoms with Crippen molar-refractivity contribution in [3.63, 3.8) is 0 Å². The van der Waals surface area contributed by atoms with Crippen molar-refractivity contribution in [1.29, 1.82) is 0 Å². The fraction of sp³-hybridized carbons (Fsp3) is 0.394. The van der Waals surface area contributed by atoms with Crippen molar-refractivity contribution in [3.05, 3.63) is 88.5 Å². The number of nitrogens with one attached hydrogen (secondary N) is 1. The van der Waals surface area contributed by atoms with Gasteiger partial charge in [0.05, 0.1) is 16.4 Å². The van der Waals surface area contributed by atoms with Crippen molar-refractivity contribution >= 4 is 33.0 Å². The van der Waals surface area contributed by atoms with E-state index in [1.54, 1.807) is 0 Å². The normalized spacial score (nSPS) is 23.5. The zero-order valence-corrected chi connectivity index (χ0v) is 24.0. The number of halogens is 1. The van der Waals surface area contributed by atoms with Gasteiger partial charge >= 0.3 is 0 Å². The molecule has 2 aliphatic carbocycles. The van der Waals surface area contributed by atoms with Crippen LogP contribution in [0.3, 0.4) is 0 Å². The van der Waals surface area contributed by atoms with Crippen LogP contribution in [0.5, 0.6) is 0 Å². The lowest BCUT2D eigenvalue weighted by atomic mass is 9.80. The molecule has 7 rings (SSSR count). The number of hydrogen-bond acceptors (Lipinski definition) is 4. The molecule has 1 unspecified atom stereocenters. The molecule has 5 nitrogen and oxygen atoms in total. The van der Waals surface area contributed by atoms with E-state index in [0.717, 1.165) is 46.6 Å². The molecular formula is C33H36BrN5. The van der Waals surface area contributed by atoms with E-state index in [2.05, 4.69) is 98.0 Å². The first-order valence-corrected chi connectivity index (χ1v) is 15.4. The molecule has 0 amide bonds. The molecule has 1 atom stereocenters. The van der Waals surface area contributed by atoms with E-state index < -0.39 is 0 Å². The summed E-state index contributed by atoms with van der Waals surface area (Å²) in [5, 5.41) is 8.43. The summed E-state index contributed by atoms with van der Waals surface area (Å²) in [7, 11) is 0. The second kappa shape index (κ2) is 10.9. The van der Waals surface area contributed by atoms with Gasteiger partial charge < -0.3 is 10.2 Å². The average Bonchev–Trinajstić information content (AvgIpc) is 3.79. The molecule has 2 aromatic heterocycles. The molecule has 6 heteroatoms. The first-order valence-electron chi connectivity index (χ1n) is 14.6. The number of rotatable bonds is 7. The maximum absolute atomic E-state index is 5.01. The largest absolute Gasteiger partial charge is 0.370 e. The van der Waals surface area contributed by atoms with Crippen molar-refractivity contribution < 1.29 is 0 Å². The van der Waals surface area contributed by atoms with Gasteiger partial charge in [-0.1, -0.05) is 60.7 Å². The number of aromatic nitrogens is 3. The molecule has 1 aliphatic heterocycles. The lowest BCUT2D eigenvalue weighted by molar-refractivity contribution is 0.0979. The van der Waals surface area contributed by atoms with Crippen LogP contribution < -0.4 is 5.32 Å². The Labute approximate surface area is 239 Å². The molecule has 200 valence electrons. The highest BCUT2D eigenvalue weighted by Gasteiger charge is 2.30. The molecule has 3 heterocycles. The molecule has 2 aromatic carbocycles. The van der Waals surface area contributed by atoms with E-state index in [1.165, 1.54) is 73.9 Å². The van der Waals surface area contributed by atoms with Crippen LogP contribution in [0.25, 0.3) is 22.5 Å². The Morgan fingerprint density at radius 1 is 0.923 bits per heavy atom. The first kappa shape index (κ1) is 25.0. The molecule has 4 aromatic rings. The molecule has 1 N–H and O–H groups in total. The van der Waals surface area contributed by atoms with Crippen LogP contribution in [0.2, 0.25) is 0 Å². The lowest BCUT2D eigenvalue weighted by Crippen LogP contribution is -2.45. The van der Waals surface area contributed by atoms with Gasteiger partial charge in [-0.25, -0.2) is 4.98 Å². The molecule has 2 fully saturated rings. The molecule has 1 saturated heterocycles. The van der Waals surface area contributed by atoms with Crippen molar-refractivity contribution in [2.24, 2.45) is 5.92 Å². The summed E-state index contributed by atoms with van der Waals surface area (Å²) >= 11 is 3.67. The average molecular weight is 583 g/mol. The predicted molar refractivity (Wildman–Crippen MR) is 163 cm³/mol. The van der Waals surface area contributed by atoms with Crippen LogP contribution in [0.1, 0.15) is 62.0 Å². The smallest absolute Gasteiger partial charge is 0.172 e. The number of piperidine rings is 1. The molecule has 0 radical (unpaired) electrons. The minimum absolute atomic E-state index is 0.639. The second-order valence-electron chi connectivity index (χ2n) is 11.5. The monoisotopic (exact) mass is 581 g/mol. The third kappa shape index (κ3) is 5.29. The van der Waals surface area contributed by atoms with E-state index in [4.69, 9.17) is 4.98 Å². The van der Waals surface area contributed by atoms with Crippen molar-refractivity contribution in [1.82, 2.24) is 19.5 Å². The van der Waals surface area contributed by atoms with Gasteiger partial charge in [-0.2, -0.15) is 9.61 Å². The van der Waals surface area contributed by atoms with Gasteiger partial charge in [-0.05, 0) is 96.0 Å². The van der Waals surface area contributed by atoms with E-state index in [1.807, 2.05) is 10.7 Å². The summed E-state index contributed by atoms with van der Waals surface area (Å²) in [6.45, 7) is 3.40. The van der Waals surface area contributed by atoms with E-state index in [9.17, 15) is 0 Å². The fourth-order valence-electron chi connectivity index (χ4n) is 6.80. The molecular weight excluding hydrogens is 546 g/mol. The Bertz CT molecular complexity index is 1480. The van der Waals surface area contributed by atoms with Gasteiger partial charge in [0.2, 0.25) is 0 Å². The van der Waals surface area contributed by atoms with Gasteiger partial charge in [0, 0.05) is 30.8 Å². The fourth-order valence-corrected chi connectivity index (χ4v) is 7.15. The summed E-state index contributed by atoms with van der Waals surface area (Å²) in [5.41, 5.74) is 7.27. The van der Waals surface area contributed by atoms with E-state index >= 15 is 0 Å². The maximum atomic E-state index is 5.01. The predicted octanol–water partition coefficient (Wildman–Crippen LogP) is 7.80. The maximum Gasteiger partial charge on any atom is 0.172 e. The number of benzene rings is 2. The zero-order valence-electron chi connectivity index (χ0n) is 22.4. The minimum Gasteiger partial charge on any atom is -0.370 e. The van der Waals surface area contributed by atoms with E-state index in [0.29, 0.717) is 5.92 Å². The topological polar surface area (TPSA) is 45.5 Å². The summed E-state index contributed by atoms with van der Waals surface area (Å²) in [5.74, 6) is 2.39. The van der Waals surface area contributed by atoms with Crippen LogP contribution in [0.4, 0.5) is 5.82 Å². The number of hydrogen-bond donors (Lipinski definition) is 1. The lowest BCUT2D eigenvalue weighted by Gasteiger charge is -2.41. The highest BCUT2D eigenvalue weighted by Crippen LogP contribution is 2.39. The minimum atomic E-state index is 0.639. The number of fused-ring (bicyclic) bond motifs is 1. The van der Waals surface area contributed by atoms with Crippen molar-refractivity contribution in [2.75, 3.05) is 25.0 Å². The molecule has 39 heavy (non-hydrogen) atoms. The van der Waals surface area contributed by atoms with Crippen molar-refractivity contribution in [3.8, 4) is 11.3 Å². The van der Waals surface area contributed by atoms with Gasteiger partial charge in [-0.3, -0.25) is 0 Å². The summed E-state index contributed by atoms with van der Waals surface area (Å²) < 4.78 is 2.86. The second-order valence-corrected chi connectivity index (χ2v) is 12.4. The Kier molecular flexibility index (Phi) is 7.00. The molecule has 0 spiro atoms. The summed E-state index contributed by atoms with van der Waals surface area (Å²) in [6, 6.07) is 22.7. The zero-order chi connectivity index (χ0) is 26.2. The Balaban J connectivity index is 1.04. The molecule has 1 saturated carbocycles. The van der Waals surface area contributed by atoms with Gasteiger partial charge in [-0.15, -0.1) is 0 Å². The molecule has 3 aliphatic rings. The SMILES string of the molecule is Brc1cnn2c(NCC3CCCN(C4CCC(c5ccccc5)CC4)C3)cc(-c3ccccc3C3=CC3)nc12. The Morgan fingerprint density at radius 2 is 1.69 bits per heavy atom. The number of allylic oxidation sites excluding steroid dienone is 2. The number of likely N-dealkylation sites (tertiary alicyclic amines) is 1. The number of nitrogens with zero attached hydrogens (tertiary/aromatic N) is 4. The first-order chi connectivity index (χ1) is 19.2. The standard InChI is InChI=1S/C33H36BrN5/c34-30-21-36-39-32(19-31(37-33(30)39)29-11-5-4-10-28(29)26-12-13-26)35-20-23-7-6-18-38(22-23)27-16-14-25(15-17-27)24-8-2-1-3-9-24/h1-5,8-12,19,21,23,25,27,35H,6-7,13-18,20,22H2. The summed E-state index contributed by atoms with van der Waals surface area (Å²) in [4.78, 5) is 7.81. The highest BCUT2D eigenvalue weighted by atomic mass is 79.9. The summed E-state index contributed by atoms with van der Waals surface area (Å²) in [6.07, 6.45) is 13.1. The highest BCUT2D eigenvalue weighted by molar-refractivity contribution is 9.10. The van der Waals surface area contributed by atoms with Gasteiger partial charge in [0.15, 0.2) is 5.65 Å². The van der Waals surface area contributed by atoms with Crippen molar-refractivity contribution in [2.45, 2.75) is 56.9 Å². The third-order valence-electron chi connectivity index (χ3n) is 8.99. The number of anilines is 1. The third-order valence-corrected chi connectivity index (χ3v) is 9.55. The van der Waals surface area contributed by atoms with E-state index in [-0.39, 0.29) is 0 Å².